The highest BCUT2D eigenvalue weighted by Crippen LogP contribution is 2.29. The zero-order valence-electron chi connectivity index (χ0n) is 16.9. The Morgan fingerprint density at radius 3 is 2.70 bits per heavy atom. The minimum atomic E-state index is 0.454. The Morgan fingerprint density at radius 2 is 1.93 bits per heavy atom. The maximum absolute atomic E-state index is 4.82. The van der Waals surface area contributed by atoms with Crippen molar-refractivity contribution in [2.45, 2.75) is 65.0 Å². The van der Waals surface area contributed by atoms with Gasteiger partial charge in [-0.15, -0.1) is 0 Å². The molecular formula is C21H32N6. The van der Waals surface area contributed by atoms with E-state index in [2.05, 4.69) is 39.3 Å². The Bertz CT molecular complexity index is 762. The number of hydrogen-bond acceptors (Lipinski definition) is 5. The average molecular weight is 369 g/mol. The molecule has 0 amide bonds. The molecule has 0 N–H and O–H groups in total. The maximum Gasteiger partial charge on any atom is 0.132 e. The fourth-order valence-electron chi connectivity index (χ4n) is 4.48. The van der Waals surface area contributed by atoms with Crippen LogP contribution in [0.15, 0.2) is 18.6 Å². The number of rotatable bonds is 5. The van der Waals surface area contributed by atoms with Crippen molar-refractivity contribution in [3.05, 3.63) is 35.8 Å². The summed E-state index contributed by atoms with van der Waals surface area (Å²) in [6, 6.07) is 2.71. The first-order valence-electron chi connectivity index (χ1n) is 10.4. The SMILES string of the molecule is Cc1nc(C2CCCN(Cc3cncn3C(C)C)C2)cc(N2CCCC2)n1. The Morgan fingerprint density at radius 1 is 1.11 bits per heavy atom. The van der Waals surface area contributed by atoms with E-state index >= 15 is 0 Å². The quantitative estimate of drug-likeness (QED) is 0.808. The van der Waals surface area contributed by atoms with Gasteiger partial charge in [0.25, 0.3) is 0 Å². The van der Waals surface area contributed by atoms with Crippen molar-refractivity contribution in [1.82, 2.24) is 24.4 Å². The van der Waals surface area contributed by atoms with E-state index in [1.807, 2.05) is 19.4 Å². The number of likely N-dealkylation sites (tertiary alicyclic amines) is 1. The number of piperidine rings is 1. The van der Waals surface area contributed by atoms with Gasteiger partial charge in [0.1, 0.15) is 11.6 Å². The Labute approximate surface area is 162 Å². The van der Waals surface area contributed by atoms with Gasteiger partial charge in [-0.1, -0.05) is 0 Å². The van der Waals surface area contributed by atoms with Crippen LogP contribution in [0.2, 0.25) is 0 Å². The molecule has 0 aliphatic carbocycles. The van der Waals surface area contributed by atoms with Crippen molar-refractivity contribution in [3.8, 4) is 0 Å². The number of nitrogens with zero attached hydrogens (tertiary/aromatic N) is 6. The molecule has 27 heavy (non-hydrogen) atoms. The number of hydrogen-bond donors (Lipinski definition) is 0. The van der Waals surface area contributed by atoms with E-state index in [4.69, 9.17) is 9.97 Å². The largest absolute Gasteiger partial charge is 0.357 e. The molecule has 0 radical (unpaired) electrons. The van der Waals surface area contributed by atoms with Crippen LogP contribution < -0.4 is 4.90 Å². The lowest BCUT2D eigenvalue weighted by molar-refractivity contribution is 0.193. The summed E-state index contributed by atoms with van der Waals surface area (Å²) in [5.41, 5.74) is 2.54. The lowest BCUT2D eigenvalue weighted by Crippen LogP contribution is -2.35. The summed E-state index contributed by atoms with van der Waals surface area (Å²) in [6.45, 7) is 11.9. The fraction of sp³-hybridized carbons (Fsp3) is 0.667. The summed E-state index contributed by atoms with van der Waals surface area (Å²) in [4.78, 5) is 18.9. The van der Waals surface area contributed by atoms with Gasteiger partial charge in [0, 0.05) is 50.4 Å². The summed E-state index contributed by atoms with van der Waals surface area (Å²) in [6.07, 6.45) is 8.97. The van der Waals surface area contributed by atoms with E-state index in [1.54, 1.807) is 0 Å². The molecule has 2 aromatic heterocycles. The maximum atomic E-state index is 4.82. The molecule has 4 heterocycles. The van der Waals surface area contributed by atoms with E-state index in [1.165, 1.54) is 37.1 Å². The van der Waals surface area contributed by atoms with Gasteiger partial charge in [-0.2, -0.15) is 0 Å². The van der Waals surface area contributed by atoms with Crippen molar-refractivity contribution in [1.29, 1.82) is 0 Å². The minimum absolute atomic E-state index is 0.454. The third kappa shape index (κ3) is 4.15. The third-order valence-electron chi connectivity index (χ3n) is 5.89. The summed E-state index contributed by atoms with van der Waals surface area (Å²) >= 11 is 0. The molecule has 2 aliphatic heterocycles. The summed E-state index contributed by atoms with van der Waals surface area (Å²) < 4.78 is 2.28. The molecule has 1 atom stereocenters. The molecule has 6 heteroatoms. The molecule has 0 aromatic carbocycles. The van der Waals surface area contributed by atoms with Gasteiger partial charge in [0.05, 0.1) is 17.7 Å². The van der Waals surface area contributed by atoms with Gasteiger partial charge in [-0.25, -0.2) is 15.0 Å². The van der Waals surface area contributed by atoms with Crippen LogP contribution in [0.4, 0.5) is 5.82 Å². The zero-order chi connectivity index (χ0) is 18.8. The molecule has 0 saturated carbocycles. The van der Waals surface area contributed by atoms with Crippen LogP contribution in [0, 0.1) is 6.92 Å². The highest BCUT2D eigenvalue weighted by atomic mass is 15.2. The third-order valence-corrected chi connectivity index (χ3v) is 5.89. The smallest absolute Gasteiger partial charge is 0.132 e. The van der Waals surface area contributed by atoms with Gasteiger partial charge in [-0.05, 0) is 53.0 Å². The molecule has 1 unspecified atom stereocenters. The van der Waals surface area contributed by atoms with Crippen molar-refractivity contribution < 1.29 is 0 Å². The molecule has 6 nitrogen and oxygen atoms in total. The average Bonchev–Trinajstić information content (AvgIpc) is 3.33. The molecule has 0 bridgehead atoms. The van der Waals surface area contributed by atoms with Gasteiger partial charge in [0.2, 0.25) is 0 Å². The molecular weight excluding hydrogens is 336 g/mol. The molecule has 2 saturated heterocycles. The Kier molecular flexibility index (Phi) is 5.43. The Balaban J connectivity index is 1.48. The monoisotopic (exact) mass is 368 g/mol. The predicted molar refractivity (Wildman–Crippen MR) is 108 cm³/mol. The van der Waals surface area contributed by atoms with E-state index in [-0.39, 0.29) is 0 Å². The molecule has 2 fully saturated rings. The molecule has 0 spiro atoms. The number of imidazole rings is 1. The Hall–Kier alpha value is -1.95. The van der Waals surface area contributed by atoms with Gasteiger partial charge in [-0.3, -0.25) is 4.90 Å². The van der Waals surface area contributed by atoms with Gasteiger partial charge in [0.15, 0.2) is 0 Å². The standard InChI is InChI=1S/C21H32N6/c1-16(2)27-15-22-12-19(27)14-25-8-6-7-18(13-25)20-11-21(24-17(3)23-20)26-9-4-5-10-26/h11-12,15-16,18H,4-10,13-14H2,1-3H3. The van der Waals surface area contributed by atoms with E-state index in [9.17, 15) is 0 Å². The molecule has 4 rings (SSSR count). The number of aromatic nitrogens is 4. The van der Waals surface area contributed by atoms with E-state index < -0.39 is 0 Å². The number of aryl methyl sites for hydroxylation is 1. The fourth-order valence-corrected chi connectivity index (χ4v) is 4.48. The van der Waals surface area contributed by atoms with Gasteiger partial charge < -0.3 is 9.47 Å². The van der Waals surface area contributed by atoms with Crippen LogP contribution in [0.1, 0.15) is 68.7 Å². The van der Waals surface area contributed by atoms with Crippen molar-refractivity contribution >= 4 is 5.82 Å². The highest BCUT2D eigenvalue weighted by molar-refractivity contribution is 5.41. The second kappa shape index (κ2) is 7.97. The molecule has 2 aromatic rings. The van der Waals surface area contributed by atoms with Crippen molar-refractivity contribution in [3.63, 3.8) is 0 Å². The number of anilines is 1. The lowest BCUT2D eigenvalue weighted by Gasteiger charge is -2.33. The highest BCUT2D eigenvalue weighted by Gasteiger charge is 2.25. The van der Waals surface area contributed by atoms with Crippen LogP contribution in [0.3, 0.4) is 0 Å². The van der Waals surface area contributed by atoms with Crippen molar-refractivity contribution in [2.75, 3.05) is 31.1 Å². The zero-order valence-corrected chi connectivity index (χ0v) is 16.9. The molecule has 146 valence electrons. The van der Waals surface area contributed by atoms with Gasteiger partial charge >= 0.3 is 0 Å². The first kappa shape index (κ1) is 18.4. The first-order valence-corrected chi connectivity index (χ1v) is 10.4. The van der Waals surface area contributed by atoms with Crippen LogP contribution in [-0.2, 0) is 6.54 Å². The van der Waals surface area contributed by atoms with Crippen LogP contribution in [-0.4, -0.2) is 50.6 Å². The minimum Gasteiger partial charge on any atom is -0.357 e. The van der Waals surface area contributed by atoms with E-state index in [0.717, 1.165) is 44.4 Å². The lowest BCUT2D eigenvalue weighted by atomic mass is 9.94. The van der Waals surface area contributed by atoms with Crippen LogP contribution >= 0.6 is 0 Å². The summed E-state index contributed by atoms with van der Waals surface area (Å²) in [5.74, 6) is 2.53. The van der Waals surface area contributed by atoms with Crippen LogP contribution in [0.25, 0.3) is 0 Å². The predicted octanol–water partition coefficient (Wildman–Crippen LogP) is 3.54. The summed E-state index contributed by atoms with van der Waals surface area (Å²) in [5, 5.41) is 0. The second-order valence-electron chi connectivity index (χ2n) is 8.35. The van der Waals surface area contributed by atoms with Crippen molar-refractivity contribution in [2.24, 2.45) is 0 Å². The molecule has 2 aliphatic rings. The first-order chi connectivity index (χ1) is 13.1. The van der Waals surface area contributed by atoms with Crippen LogP contribution in [0.5, 0.6) is 0 Å². The normalized spacial score (nSPS) is 21.3. The topological polar surface area (TPSA) is 50.1 Å². The van der Waals surface area contributed by atoms with E-state index in [0.29, 0.717) is 12.0 Å². The second-order valence-corrected chi connectivity index (χ2v) is 8.35. The summed E-state index contributed by atoms with van der Waals surface area (Å²) in [7, 11) is 0.